The molecule has 0 aliphatic rings. The molecule has 20 heavy (non-hydrogen) atoms. The molecule has 1 atom stereocenters. The van der Waals surface area contributed by atoms with Crippen LogP contribution in [0.4, 0.5) is 5.69 Å². The largest absolute Gasteiger partial charge is 0.497 e. The van der Waals surface area contributed by atoms with Crippen LogP contribution in [0.1, 0.15) is 11.4 Å². The molecule has 1 heterocycles. The summed E-state index contributed by atoms with van der Waals surface area (Å²) in [4.78, 5) is 4.87. The first-order chi connectivity index (χ1) is 9.49. The van der Waals surface area contributed by atoms with Gasteiger partial charge in [0.15, 0.2) is 0 Å². The Hall–Kier alpha value is -1.59. The summed E-state index contributed by atoms with van der Waals surface area (Å²) in [6, 6.07) is 8.54. The number of ether oxygens (including phenoxy) is 1. The Morgan fingerprint density at radius 3 is 2.80 bits per heavy atom. The van der Waals surface area contributed by atoms with Gasteiger partial charge in [0.05, 0.1) is 39.3 Å². The molecule has 0 saturated heterocycles. The van der Waals surface area contributed by atoms with Gasteiger partial charge in [-0.05, 0) is 25.1 Å². The smallest absolute Gasteiger partial charge is 0.122 e. The number of methoxy groups -OCH3 is 1. The van der Waals surface area contributed by atoms with Gasteiger partial charge in [-0.1, -0.05) is 11.6 Å². The molecule has 0 spiro atoms. The van der Waals surface area contributed by atoms with E-state index < -0.39 is 10.8 Å². The van der Waals surface area contributed by atoms with Crippen LogP contribution in [0.15, 0.2) is 35.2 Å². The molecule has 0 bridgehead atoms. The molecule has 0 amide bonds. The summed E-state index contributed by atoms with van der Waals surface area (Å²) in [5.74, 6) is 0.962. The highest BCUT2D eigenvalue weighted by atomic mass is 35.5. The third-order valence-electron chi connectivity index (χ3n) is 2.70. The van der Waals surface area contributed by atoms with Crippen molar-refractivity contribution in [3.05, 3.63) is 46.7 Å². The maximum atomic E-state index is 12.4. The molecule has 0 saturated carbocycles. The number of benzene rings is 1. The second-order valence-electron chi connectivity index (χ2n) is 4.32. The third-order valence-corrected chi connectivity index (χ3v) is 4.52. The lowest BCUT2D eigenvalue weighted by Crippen LogP contribution is -2.02. The second kappa shape index (κ2) is 6.24. The quantitative estimate of drug-likeness (QED) is 0.882. The van der Waals surface area contributed by atoms with E-state index in [9.17, 15) is 4.21 Å². The molecule has 4 nitrogen and oxygen atoms in total. The molecule has 1 aromatic heterocycles. The van der Waals surface area contributed by atoms with Crippen molar-refractivity contribution in [1.29, 1.82) is 0 Å². The average molecular weight is 311 g/mol. The first-order valence-corrected chi connectivity index (χ1v) is 7.64. The third kappa shape index (κ3) is 3.49. The maximum absolute atomic E-state index is 12.4. The molecule has 1 aromatic carbocycles. The van der Waals surface area contributed by atoms with Crippen molar-refractivity contribution in [2.75, 3.05) is 12.8 Å². The fraction of sp³-hybridized carbons (Fsp3) is 0.214. The molecule has 106 valence electrons. The van der Waals surface area contributed by atoms with Crippen LogP contribution in [-0.2, 0) is 16.6 Å². The lowest BCUT2D eigenvalue weighted by Gasteiger charge is -2.08. The molecule has 2 aromatic rings. The zero-order chi connectivity index (χ0) is 14.7. The number of nitrogens with two attached hydrogens (primary N) is 1. The van der Waals surface area contributed by atoms with Gasteiger partial charge < -0.3 is 10.5 Å². The van der Waals surface area contributed by atoms with Crippen LogP contribution in [-0.4, -0.2) is 16.3 Å². The average Bonchev–Trinajstić information content (AvgIpc) is 2.40. The number of nitrogens with zero attached hydrogens (tertiary/aromatic N) is 1. The second-order valence-corrected chi connectivity index (χ2v) is 6.15. The van der Waals surface area contributed by atoms with Crippen LogP contribution in [0.5, 0.6) is 5.75 Å². The predicted octanol–water partition coefficient (Wildman–Crippen LogP) is 2.94. The van der Waals surface area contributed by atoms with Gasteiger partial charge in [0.25, 0.3) is 0 Å². The molecular formula is C14H15ClN2O2S. The van der Waals surface area contributed by atoms with Crippen molar-refractivity contribution in [1.82, 2.24) is 4.98 Å². The Balaban J connectivity index is 2.27. The number of halogens is 1. The first kappa shape index (κ1) is 14.8. The van der Waals surface area contributed by atoms with Crippen molar-refractivity contribution < 1.29 is 8.95 Å². The molecule has 0 radical (unpaired) electrons. The maximum Gasteiger partial charge on any atom is 0.122 e. The van der Waals surface area contributed by atoms with E-state index in [4.69, 9.17) is 22.1 Å². The summed E-state index contributed by atoms with van der Waals surface area (Å²) in [6.45, 7) is 1.86. The van der Waals surface area contributed by atoms with Crippen LogP contribution >= 0.6 is 11.6 Å². The topological polar surface area (TPSA) is 65.2 Å². The van der Waals surface area contributed by atoms with E-state index in [1.165, 1.54) is 0 Å². The molecule has 6 heteroatoms. The van der Waals surface area contributed by atoms with Gasteiger partial charge in [-0.15, -0.1) is 0 Å². The van der Waals surface area contributed by atoms with Gasteiger partial charge in [0, 0.05) is 23.5 Å². The Morgan fingerprint density at radius 1 is 1.35 bits per heavy atom. The van der Waals surface area contributed by atoms with Gasteiger partial charge >= 0.3 is 0 Å². The molecule has 2 N–H and O–H groups in total. The van der Waals surface area contributed by atoms with Gasteiger partial charge in [0.2, 0.25) is 0 Å². The summed E-state index contributed by atoms with van der Waals surface area (Å²) in [5.41, 5.74) is 7.74. The minimum absolute atomic E-state index is 0.265. The summed E-state index contributed by atoms with van der Waals surface area (Å²) < 4.78 is 17.6. The number of anilines is 1. The molecule has 0 aliphatic carbocycles. The number of aryl methyl sites for hydroxylation is 1. The molecule has 2 rings (SSSR count). The van der Waals surface area contributed by atoms with Crippen LogP contribution in [0.3, 0.4) is 0 Å². The van der Waals surface area contributed by atoms with Crippen LogP contribution in [0, 0.1) is 6.92 Å². The molecule has 0 aliphatic heterocycles. The van der Waals surface area contributed by atoms with Crippen LogP contribution in [0.2, 0.25) is 5.02 Å². The molecular weight excluding hydrogens is 296 g/mol. The van der Waals surface area contributed by atoms with Crippen molar-refractivity contribution in [3.63, 3.8) is 0 Å². The van der Waals surface area contributed by atoms with Gasteiger partial charge in [0.1, 0.15) is 5.75 Å². The summed E-state index contributed by atoms with van der Waals surface area (Å²) in [5, 5.41) is 0.442. The van der Waals surface area contributed by atoms with Gasteiger partial charge in [-0.2, -0.15) is 0 Å². The Morgan fingerprint density at radius 2 is 2.10 bits per heavy atom. The van der Waals surface area contributed by atoms with E-state index in [2.05, 4.69) is 4.98 Å². The minimum atomic E-state index is -1.30. The lowest BCUT2D eigenvalue weighted by molar-refractivity contribution is 0.413. The Labute approximate surface area is 125 Å². The van der Waals surface area contributed by atoms with Crippen molar-refractivity contribution in [3.8, 4) is 5.75 Å². The Bertz CT molecular complexity index is 662. The highest BCUT2D eigenvalue weighted by molar-refractivity contribution is 7.84. The molecule has 0 fully saturated rings. The number of pyridine rings is 1. The zero-order valence-corrected chi connectivity index (χ0v) is 12.8. The highest BCUT2D eigenvalue weighted by Crippen LogP contribution is 2.24. The Kier molecular flexibility index (Phi) is 4.62. The van der Waals surface area contributed by atoms with E-state index in [1.807, 2.05) is 13.0 Å². The fourth-order valence-electron chi connectivity index (χ4n) is 1.80. The molecule has 1 unspecified atom stereocenters. The number of rotatable bonds is 4. The first-order valence-electron chi connectivity index (χ1n) is 5.94. The summed E-state index contributed by atoms with van der Waals surface area (Å²) in [7, 11) is 0.283. The monoisotopic (exact) mass is 310 g/mol. The van der Waals surface area contributed by atoms with Gasteiger partial charge in [-0.25, -0.2) is 0 Å². The minimum Gasteiger partial charge on any atom is -0.497 e. The number of aromatic nitrogens is 1. The fourth-order valence-corrected chi connectivity index (χ4v) is 3.30. The van der Waals surface area contributed by atoms with Crippen LogP contribution < -0.4 is 10.5 Å². The van der Waals surface area contributed by atoms with Crippen molar-refractivity contribution >= 4 is 28.1 Å². The van der Waals surface area contributed by atoms with E-state index in [0.717, 1.165) is 5.69 Å². The van der Waals surface area contributed by atoms with E-state index >= 15 is 0 Å². The number of hydrogen-bond acceptors (Lipinski definition) is 4. The number of nitrogen functional groups attached to an aromatic ring is 1. The standard InChI is InChI=1S/C14H15ClN2O2S/c1-9-5-12(19-2)7-11(17-9)8-20(18)14-6-10(16)3-4-13(14)15/h3-7H,8,16H2,1-2H3. The highest BCUT2D eigenvalue weighted by Gasteiger charge is 2.12. The van der Waals surface area contributed by atoms with E-state index in [1.54, 1.807) is 31.4 Å². The predicted molar refractivity (Wildman–Crippen MR) is 81.5 cm³/mol. The number of hydrogen-bond donors (Lipinski definition) is 1. The van der Waals surface area contributed by atoms with Crippen molar-refractivity contribution in [2.45, 2.75) is 17.6 Å². The van der Waals surface area contributed by atoms with E-state index in [-0.39, 0.29) is 5.75 Å². The van der Waals surface area contributed by atoms with Crippen molar-refractivity contribution in [2.24, 2.45) is 0 Å². The lowest BCUT2D eigenvalue weighted by atomic mass is 10.3. The van der Waals surface area contributed by atoms with Gasteiger partial charge in [-0.3, -0.25) is 9.19 Å². The zero-order valence-electron chi connectivity index (χ0n) is 11.2. The normalized spacial score (nSPS) is 12.2. The SMILES string of the molecule is COc1cc(C)nc(CS(=O)c2cc(N)ccc2Cl)c1. The summed E-state index contributed by atoms with van der Waals surface area (Å²) >= 11 is 6.05. The van der Waals surface area contributed by atoms with Crippen LogP contribution in [0.25, 0.3) is 0 Å². The summed E-state index contributed by atoms with van der Waals surface area (Å²) in [6.07, 6.45) is 0. The van der Waals surface area contributed by atoms with E-state index in [0.29, 0.717) is 27.0 Å².